The summed E-state index contributed by atoms with van der Waals surface area (Å²) in [4.78, 5) is 21.3. The smallest absolute Gasteiger partial charge is 0.236 e. The molecule has 0 bridgehead atoms. The number of carbonyl (C=O) groups excluding carboxylic acids is 2. The number of fused-ring (bicyclic) bond motifs is 1. The third-order valence-electron chi connectivity index (χ3n) is 3.85. The van der Waals surface area contributed by atoms with Crippen molar-refractivity contribution in [3.8, 4) is 0 Å². The van der Waals surface area contributed by atoms with Crippen molar-refractivity contribution >= 4 is 34.2 Å². The van der Waals surface area contributed by atoms with Crippen LogP contribution in [0, 0.1) is 0 Å². The molecule has 23 heavy (non-hydrogen) atoms. The van der Waals surface area contributed by atoms with Crippen molar-refractivity contribution in [2.45, 2.75) is 25.2 Å². The summed E-state index contributed by atoms with van der Waals surface area (Å²) in [5, 5.41) is -0.508. The topological polar surface area (TPSA) is 34.1 Å². The number of rotatable bonds is 3. The second kappa shape index (κ2) is 8.85. The van der Waals surface area contributed by atoms with Crippen LogP contribution in [0.15, 0.2) is 54.6 Å². The van der Waals surface area contributed by atoms with Gasteiger partial charge in [0, 0.05) is 12.0 Å². The average Bonchev–Trinajstić information content (AvgIpc) is 2.59. The molecule has 0 radical (unpaired) electrons. The van der Waals surface area contributed by atoms with Crippen LogP contribution in [-0.2, 0) is 11.2 Å². The molecule has 0 saturated heterocycles. The molecule has 1 unspecified atom stereocenters. The Morgan fingerprint density at radius 3 is 2.30 bits per heavy atom. The van der Waals surface area contributed by atoms with Crippen LogP contribution in [0.1, 0.15) is 40.2 Å². The molecule has 3 rings (SSSR count). The van der Waals surface area contributed by atoms with Crippen LogP contribution in [0.2, 0.25) is 0 Å². The highest BCUT2D eigenvalue weighted by Gasteiger charge is 2.24. The number of halogens is 2. The van der Waals surface area contributed by atoms with Gasteiger partial charge in [0.25, 0.3) is 0 Å². The van der Waals surface area contributed by atoms with Crippen molar-refractivity contribution in [2.24, 2.45) is 0 Å². The summed E-state index contributed by atoms with van der Waals surface area (Å²) in [5.41, 5.74) is 3.52. The number of benzene rings is 2. The zero-order valence-corrected chi connectivity index (χ0v) is 14.2. The van der Waals surface area contributed by atoms with Crippen LogP contribution in [-0.4, -0.2) is 16.9 Å². The minimum atomic E-state index is -0.508. The lowest BCUT2D eigenvalue weighted by Crippen LogP contribution is -2.17. The van der Waals surface area contributed by atoms with Crippen molar-refractivity contribution in [1.82, 2.24) is 0 Å². The predicted octanol–water partition coefficient (Wildman–Crippen LogP) is 4.98. The van der Waals surface area contributed by atoms with Crippen molar-refractivity contribution in [1.29, 1.82) is 0 Å². The van der Waals surface area contributed by atoms with E-state index in [1.165, 1.54) is 11.1 Å². The molecule has 1 aliphatic carbocycles. The van der Waals surface area contributed by atoms with Crippen molar-refractivity contribution in [3.63, 3.8) is 0 Å². The number of carbonyl (C=O) groups is 2. The minimum Gasteiger partial charge on any atom is -0.294 e. The van der Waals surface area contributed by atoms with E-state index >= 15 is 0 Å². The first-order chi connectivity index (χ1) is 11.1. The van der Waals surface area contributed by atoms with E-state index in [2.05, 4.69) is 30.3 Å². The molecule has 2 nitrogen and oxygen atoms in total. The number of Topliss-reactive ketones (excluding diaryl/α,β-unsaturated/α-hetero) is 1. The Morgan fingerprint density at radius 1 is 1.04 bits per heavy atom. The van der Waals surface area contributed by atoms with Gasteiger partial charge < -0.3 is 0 Å². The highest BCUT2D eigenvalue weighted by Crippen LogP contribution is 2.33. The van der Waals surface area contributed by atoms with Gasteiger partial charge in [-0.2, -0.15) is 0 Å². The second-order valence-corrected chi connectivity index (χ2v) is 6.11. The maximum absolute atomic E-state index is 11.9. The first-order valence-electron chi connectivity index (χ1n) is 7.52. The van der Waals surface area contributed by atoms with E-state index < -0.39 is 5.24 Å². The highest BCUT2D eigenvalue weighted by molar-refractivity contribution is 6.67. The van der Waals surface area contributed by atoms with Gasteiger partial charge in [0.05, 0.1) is 5.88 Å². The van der Waals surface area contributed by atoms with Crippen LogP contribution in [0.4, 0.5) is 0 Å². The number of alkyl halides is 1. The standard InChI is InChI=1S/C17H16O.C2H2Cl2O/c18-17-11-10-14(12-13-6-2-1-3-7-13)15-8-4-5-9-16(15)17;3-1-2(4)5/h1-9,14H,10-12H2;1H2. The fourth-order valence-corrected chi connectivity index (χ4v) is 2.81. The second-order valence-electron chi connectivity index (χ2n) is 5.42. The molecule has 2 aromatic carbocycles. The molecule has 4 heteroatoms. The van der Waals surface area contributed by atoms with Gasteiger partial charge in [-0.3, -0.25) is 9.59 Å². The quantitative estimate of drug-likeness (QED) is 0.578. The molecule has 120 valence electrons. The Balaban J connectivity index is 0.000000338. The van der Waals surface area contributed by atoms with Gasteiger partial charge in [-0.1, -0.05) is 54.6 Å². The van der Waals surface area contributed by atoms with Crippen LogP contribution >= 0.6 is 23.2 Å². The maximum atomic E-state index is 11.9. The van der Waals surface area contributed by atoms with E-state index in [0.717, 1.165) is 18.4 Å². The van der Waals surface area contributed by atoms with Gasteiger partial charge >= 0.3 is 0 Å². The lowest BCUT2D eigenvalue weighted by Gasteiger charge is -2.24. The van der Waals surface area contributed by atoms with Crippen LogP contribution in [0.25, 0.3) is 0 Å². The first kappa shape index (κ1) is 17.7. The number of hydrogen-bond donors (Lipinski definition) is 0. The molecular weight excluding hydrogens is 331 g/mol. The van der Waals surface area contributed by atoms with E-state index in [4.69, 9.17) is 23.2 Å². The van der Waals surface area contributed by atoms with Crippen LogP contribution < -0.4 is 0 Å². The molecule has 0 fully saturated rings. The summed E-state index contributed by atoms with van der Waals surface area (Å²) in [6.07, 6.45) is 2.70. The summed E-state index contributed by atoms with van der Waals surface area (Å²) in [5.74, 6) is 0.692. The van der Waals surface area contributed by atoms with Crippen molar-refractivity contribution in [2.75, 3.05) is 5.88 Å². The molecule has 2 aromatic rings. The van der Waals surface area contributed by atoms with E-state index in [0.29, 0.717) is 18.1 Å². The zero-order valence-electron chi connectivity index (χ0n) is 12.7. The van der Waals surface area contributed by atoms with Crippen molar-refractivity contribution in [3.05, 3.63) is 71.3 Å². The molecule has 1 atom stereocenters. The van der Waals surface area contributed by atoms with E-state index in [1.54, 1.807) is 0 Å². The van der Waals surface area contributed by atoms with Gasteiger partial charge in [0.15, 0.2) is 5.78 Å². The SMILES string of the molecule is O=C(Cl)CCl.O=C1CCC(Cc2ccccc2)c2ccccc21. The Labute approximate surface area is 146 Å². The summed E-state index contributed by atoms with van der Waals surface area (Å²) in [6, 6.07) is 18.6. The Bertz CT molecular complexity index is 668. The Kier molecular flexibility index (Phi) is 6.82. The number of ketones is 1. The zero-order chi connectivity index (χ0) is 16.7. The third-order valence-corrected chi connectivity index (χ3v) is 4.36. The van der Waals surface area contributed by atoms with Crippen molar-refractivity contribution < 1.29 is 9.59 Å². The molecule has 0 N–H and O–H groups in total. The van der Waals surface area contributed by atoms with Gasteiger partial charge in [-0.15, -0.1) is 11.6 Å². The predicted molar refractivity (Wildman–Crippen MR) is 94.5 cm³/mol. The average molecular weight is 349 g/mol. The summed E-state index contributed by atoms with van der Waals surface area (Å²) < 4.78 is 0. The highest BCUT2D eigenvalue weighted by atomic mass is 35.5. The molecule has 0 amide bonds. The summed E-state index contributed by atoms with van der Waals surface area (Å²) in [6.45, 7) is 0. The lowest BCUT2D eigenvalue weighted by molar-refractivity contribution is -0.109. The fourth-order valence-electron chi connectivity index (χ4n) is 2.81. The minimum absolute atomic E-state index is 0.0957. The van der Waals surface area contributed by atoms with Crippen LogP contribution in [0.3, 0.4) is 0 Å². The van der Waals surface area contributed by atoms with Crippen LogP contribution in [0.5, 0.6) is 0 Å². The molecular formula is C19H18Cl2O2. The summed E-state index contributed by atoms with van der Waals surface area (Å²) in [7, 11) is 0. The van der Waals surface area contributed by atoms with E-state index in [1.807, 2.05) is 24.3 Å². The molecule has 0 saturated carbocycles. The largest absolute Gasteiger partial charge is 0.294 e. The normalized spacial score (nSPS) is 16.1. The van der Waals surface area contributed by atoms with E-state index in [9.17, 15) is 9.59 Å². The fraction of sp³-hybridized carbons (Fsp3) is 0.263. The Hall–Kier alpha value is -1.64. The molecule has 1 aliphatic rings. The molecule has 0 spiro atoms. The van der Waals surface area contributed by atoms with Gasteiger partial charge in [0.2, 0.25) is 5.24 Å². The summed E-state index contributed by atoms with van der Waals surface area (Å²) >= 11 is 9.55. The van der Waals surface area contributed by atoms with Gasteiger partial charge in [-0.25, -0.2) is 0 Å². The first-order valence-corrected chi connectivity index (χ1v) is 8.43. The lowest BCUT2D eigenvalue weighted by atomic mass is 9.79. The molecule has 0 heterocycles. The number of hydrogen-bond acceptors (Lipinski definition) is 2. The molecule has 0 aliphatic heterocycles. The van der Waals surface area contributed by atoms with E-state index in [-0.39, 0.29) is 5.88 Å². The maximum Gasteiger partial charge on any atom is 0.236 e. The monoisotopic (exact) mass is 348 g/mol. The third kappa shape index (κ3) is 5.19. The van der Waals surface area contributed by atoms with Gasteiger partial charge in [0.1, 0.15) is 0 Å². The van der Waals surface area contributed by atoms with Gasteiger partial charge in [-0.05, 0) is 41.5 Å². The Morgan fingerprint density at radius 2 is 1.65 bits per heavy atom. The molecule has 0 aromatic heterocycles.